The molecule has 142 valence electrons. The van der Waals surface area contributed by atoms with Gasteiger partial charge in [-0.25, -0.2) is 0 Å². The Morgan fingerprint density at radius 2 is 1.76 bits per heavy atom. The van der Waals surface area contributed by atoms with E-state index >= 15 is 0 Å². The minimum atomic E-state index is -4.62. The molecule has 0 aromatic carbocycles. The minimum absolute atomic E-state index is 0.119. The van der Waals surface area contributed by atoms with E-state index < -0.39 is 49.9 Å². The van der Waals surface area contributed by atoms with E-state index in [1.807, 2.05) is 0 Å². The van der Waals surface area contributed by atoms with Crippen molar-refractivity contribution in [2.24, 2.45) is 5.92 Å². The van der Waals surface area contributed by atoms with Crippen LogP contribution in [0.15, 0.2) is 18.5 Å². The summed E-state index contributed by atoms with van der Waals surface area (Å²) in [4.78, 5) is 3.56. The van der Waals surface area contributed by atoms with Crippen LogP contribution in [0.1, 0.15) is 17.5 Å². The maximum atomic E-state index is 12.9. The topological polar surface area (TPSA) is 99.6 Å². The molecule has 1 saturated carbocycles. The lowest BCUT2D eigenvalue weighted by Crippen LogP contribution is -2.23. The molecule has 2 unspecified atom stereocenters. The molecular formula is C13H16F3NO6S2. The first-order valence-corrected chi connectivity index (χ1v) is 10.6. The van der Waals surface area contributed by atoms with Crippen molar-refractivity contribution in [2.75, 3.05) is 25.7 Å². The first-order chi connectivity index (χ1) is 11.2. The third-order valence-corrected chi connectivity index (χ3v) is 5.00. The molecule has 0 saturated heterocycles. The molecule has 7 nitrogen and oxygen atoms in total. The summed E-state index contributed by atoms with van der Waals surface area (Å²) in [6.45, 7) is -0.713. The number of aromatic nitrogens is 1. The lowest BCUT2D eigenvalue weighted by atomic mass is 9.94. The summed E-state index contributed by atoms with van der Waals surface area (Å²) in [5.41, 5.74) is -1.98. The molecule has 0 bridgehead atoms. The van der Waals surface area contributed by atoms with E-state index in [4.69, 9.17) is 4.18 Å². The van der Waals surface area contributed by atoms with E-state index in [1.165, 1.54) is 6.20 Å². The van der Waals surface area contributed by atoms with Crippen LogP contribution in [0.5, 0.6) is 0 Å². The van der Waals surface area contributed by atoms with E-state index in [-0.39, 0.29) is 18.6 Å². The molecule has 1 aromatic rings. The van der Waals surface area contributed by atoms with Gasteiger partial charge < -0.3 is 0 Å². The Hall–Kier alpha value is -1.24. The van der Waals surface area contributed by atoms with E-state index in [2.05, 4.69) is 9.17 Å². The van der Waals surface area contributed by atoms with Gasteiger partial charge in [0.1, 0.15) is 0 Å². The highest BCUT2D eigenvalue weighted by molar-refractivity contribution is 7.86. The zero-order valence-electron chi connectivity index (χ0n) is 13.3. The van der Waals surface area contributed by atoms with Crippen LogP contribution in [0, 0.1) is 5.92 Å². The zero-order valence-corrected chi connectivity index (χ0v) is 14.9. The van der Waals surface area contributed by atoms with Gasteiger partial charge in [-0.1, -0.05) is 0 Å². The lowest BCUT2D eigenvalue weighted by molar-refractivity contribution is -0.137. The molecule has 0 spiro atoms. The van der Waals surface area contributed by atoms with E-state index in [0.29, 0.717) is 6.20 Å². The molecule has 12 heteroatoms. The van der Waals surface area contributed by atoms with Crippen molar-refractivity contribution in [1.29, 1.82) is 0 Å². The second-order valence-electron chi connectivity index (χ2n) is 5.97. The molecule has 25 heavy (non-hydrogen) atoms. The second-order valence-corrected chi connectivity index (χ2v) is 9.26. The highest BCUT2D eigenvalue weighted by Crippen LogP contribution is 2.55. The average molecular weight is 403 g/mol. The number of nitrogens with zero attached hydrogens (tertiary/aromatic N) is 1. The molecule has 2 rings (SSSR count). The SMILES string of the molecule is CS(=O)(=O)OCC1CC1(COS(C)(=O)=O)c1cncc(C(F)(F)F)c1. The first kappa shape index (κ1) is 20.1. The van der Waals surface area contributed by atoms with Crippen molar-refractivity contribution in [2.45, 2.75) is 18.0 Å². The predicted molar refractivity (Wildman–Crippen MR) is 80.6 cm³/mol. The second kappa shape index (κ2) is 6.49. The Morgan fingerprint density at radius 3 is 2.28 bits per heavy atom. The van der Waals surface area contributed by atoms with Crippen LogP contribution in [-0.4, -0.2) is 47.5 Å². The summed E-state index contributed by atoms with van der Waals surface area (Å²) in [5.74, 6) is -0.519. The van der Waals surface area contributed by atoms with Crippen molar-refractivity contribution in [3.8, 4) is 0 Å². The van der Waals surface area contributed by atoms with E-state index in [0.717, 1.165) is 18.6 Å². The Kier molecular flexibility index (Phi) is 5.21. The van der Waals surface area contributed by atoms with E-state index in [1.54, 1.807) is 0 Å². The number of halogens is 3. The first-order valence-electron chi connectivity index (χ1n) is 6.94. The number of hydrogen-bond acceptors (Lipinski definition) is 7. The van der Waals surface area contributed by atoms with Gasteiger partial charge in [-0.15, -0.1) is 0 Å². The van der Waals surface area contributed by atoms with Crippen molar-refractivity contribution in [1.82, 2.24) is 4.98 Å². The lowest BCUT2D eigenvalue weighted by Gasteiger charge is -2.18. The molecule has 1 heterocycles. The maximum absolute atomic E-state index is 12.9. The maximum Gasteiger partial charge on any atom is 0.417 e. The smallest absolute Gasteiger partial charge is 0.270 e. The standard InChI is InChI=1S/C13H16F3NO6S2/c1-24(18,19)22-7-11-4-12(11,8-23-25(2,20)21)9-3-10(6-17-5-9)13(14,15)16/h3,5-6,11H,4,7-8H2,1-2H3. The molecule has 0 aliphatic heterocycles. The van der Waals surface area contributed by atoms with Gasteiger partial charge in [0.05, 0.1) is 31.3 Å². The summed E-state index contributed by atoms with van der Waals surface area (Å²) >= 11 is 0. The Bertz CT molecular complexity index is 853. The third-order valence-electron chi connectivity index (χ3n) is 3.89. The number of hydrogen-bond donors (Lipinski definition) is 0. The molecular weight excluding hydrogens is 387 g/mol. The van der Waals surface area contributed by atoms with Gasteiger partial charge in [-0.3, -0.25) is 13.4 Å². The summed E-state index contributed by atoms with van der Waals surface area (Å²) in [6.07, 6.45) is -0.914. The van der Waals surface area contributed by atoms with Crippen LogP contribution in [-0.2, 0) is 40.2 Å². The van der Waals surface area contributed by atoms with Crippen LogP contribution in [0.25, 0.3) is 0 Å². The molecule has 0 amide bonds. The van der Waals surface area contributed by atoms with Crippen LogP contribution in [0.3, 0.4) is 0 Å². The molecule has 0 radical (unpaired) electrons. The Balaban J connectivity index is 2.31. The monoisotopic (exact) mass is 403 g/mol. The quantitative estimate of drug-likeness (QED) is 0.633. The highest BCUT2D eigenvalue weighted by atomic mass is 32.2. The summed E-state index contributed by atoms with van der Waals surface area (Å²) in [5, 5.41) is 0. The van der Waals surface area contributed by atoms with Gasteiger partial charge >= 0.3 is 6.18 Å². The fraction of sp³-hybridized carbons (Fsp3) is 0.615. The molecule has 2 atom stereocenters. The number of alkyl halides is 3. The summed E-state index contributed by atoms with van der Waals surface area (Å²) < 4.78 is 92.8. The fourth-order valence-electron chi connectivity index (χ4n) is 2.50. The summed E-state index contributed by atoms with van der Waals surface area (Å²) in [7, 11) is -7.57. The number of rotatable bonds is 7. The van der Waals surface area contributed by atoms with Crippen molar-refractivity contribution >= 4 is 20.2 Å². The number of pyridine rings is 1. The Morgan fingerprint density at radius 1 is 1.16 bits per heavy atom. The average Bonchev–Trinajstić information content (AvgIpc) is 3.16. The predicted octanol–water partition coefficient (Wildman–Crippen LogP) is 1.31. The van der Waals surface area contributed by atoms with Crippen LogP contribution >= 0.6 is 0 Å². The largest absolute Gasteiger partial charge is 0.417 e. The molecule has 1 fully saturated rings. The van der Waals surface area contributed by atoms with Crippen molar-refractivity contribution < 1.29 is 38.4 Å². The van der Waals surface area contributed by atoms with Gasteiger partial charge in [-0.2, -0.15) is 30.0 Å². The van der Waals surface area contributed by atoms with Gasteiger partial charge in [0.25, 0.3) is 20.2 Å². The molecule has 1 aliphatic rings. The van der Waals surface area contributed by atoms with Gasteiger partial charge in [0.15, 0.2) is 0 Å². The Labute approximate surface area is 143 Å². The third kappa shape index (κ3) is 5.36. The zero-order chi connectivity index (χ0) is 19.1. The minimum Gasteiger partial charge on any atom is -0.270 e. The van der Waals surface area contributed by atoms with Crippen LogP contribution in [0.4, 0.5) is 13.2 Å². The normalized spacial score (nSPS) is 24.3. The highest BCUT2D eigenvalue weighted by Gasteiger charge is 2.57. The molecule has 0 N–H and O–H groups in total. The molecule has 1 aromatic heterocycles. The van der Waals surface area contributed by atoms with E-state index in [9.17, 15) is 30.0 Å². The fourth-order valence-corrected chi connectivity index (χ4v) is 3.33. The molecule has 1 aliphatic carbocycles. The van der Waals surface area contributed by atoms with Crippen molar-refractivity contribution in [3.05, 3.63) is 29.6 Å². The van der Waals surface area contributed by atoms with Gasteiger partial charge in [0, 0.05) is 17.8 Å². The van der Waals surface area contributed by atoms with Gasteiger partial charge in [-0.05, 0) is 24.0 Å². The van der Waals surface area contributed by atoms with Gasteiger partial charge in [0.2, 0.25) is 0 Å². The van der Waals surface area contributed by atoms with Crippen LogP contribution in [0.2, 0.25) is 0 Å². The van der Waals surface area contributed by atoms with Crippen LogP contribution < -0.4 is 0 Å². The summed E-state index contributed by atoms with van der Waals surface area (Å²) in [6, 6.07) is 0.860. The van der Waals surface area contributed by atoms with Crippen molar-refractivity contribution in [3.63, 3.8) is 0 Å².